The van der Waals surface area contributed by atoms with Crippen molar-refractivity contribution < 1.29 is 9.53 Å². The van der Waals surface area contributed by atoms with Crippen molar-refractivity contribution in [1.82, 2.24) is 20.2 Å². The molecule has 156 valence electrons. The first-order valence-electron chi connectivity index (χ1n) is 10.5. The van der Waals surface area contributed by atoms with Gasteiger partial charge in [0.15, 0.2) is 0 Å². The van der Waals surface area contributed by atoms with Crippen LogP contribution in [0.15, 0.2) is 4.79 Å². The largest absolute Gasteiger partial charge is 0.379 e. The Labute approximate surface area is 167 Å². The van der Waals surface area contributed by atoms with E-state index in [1.807, 2.05) is 20.8 Å². The quantitative estimate of drug-likeness (QED) is 0.822. The van der Waals surface area contributed by atoms with Gasteiger partial charge in [0.25, 0.3) is 11.5 Å². The number of carbonyl (C=O) groups is 1. The van der Waals surface area contributed by atoms with Gasteiger partial charge in [0.1, 0.15) is 11.4 Å². The van der Waals surface area contributed by atoms with Crippen LogP contribution in [0.3, 0.4) is 0 Å². The van der Waals surface area contributed by atoms with Crippen LogP contribution in [0, 0.1) is 6.92 Å². The third-order valence-electron chi connectivity index (χ3n) is 6.08. The first-order chi connectivity index (χ1) is 13.2. The van der Waals surface area contributed by atoms with E-state index < -0.39 is 0 Å². The minimum absolute atomic E-state index is 0.0306. The van der Waals surface area contributed by atoms with E-state index >= 15 is 0 Å². The van der Waals surface area contributed by atoms with Gasteiger partial charge in [-0.1, -0.05) is 40.0 Å². The SMILES string of the molecule is Cc1nc(C(C)(C)C)[nH]c(=O)c1C(=O)NCC1(N2CCOCC2)CCCCC1. The molecule has 1 saturated heterocycles. The van der Waals surface area contributed by atoms with E-state index in [0.29, 0.717) is 18.1 Å². The average molecular weight is 391 g/mol. The number of nitrogens with one attached hydrogen (secondary N) is 2. The van der Waals surface area contributed by atoms with Gasteiger partial charge in [-0.25, -0.2) is 4.98 Å². The lowest BCUT2D eigenvalue weighted by Gasteiger charge is -2.48. The summed E-state index contributed by atoms with van der Waals surface area (Å²) in [5.74, 6) is 0.272. The molecule has 0 bridgehead atoms. The minimum Gasteiger partial charge on any atom is -0.379 e. The number of morpholine rings is 1. The summed E-state index contributed by atoms with van der Waals surface area (Å²) in [7, 11) is 0. The number of aromatic nitrogens is 2. The Bertz CT molecular complexity index is 754. The van der Waals surface area contributed by atoms with Crippen LogP contribution in [0.5, 0.6) is 0 Å². The second-order valence-corrected chi connectivity index (χ2v) is 9.19. The normalized spacial score (nSPS) is 20.7. The minimum atomic E-state index is -0.362. The lowest BCUT2D eigenvalue weighted by Crippen LogP contribution is -2.59. The van der Waals surface area contributed by atoms with Crippen LogP contribution in [0.4, 0.5) is 0 Å². The highest BCUT2D eigenvalue weighted by Crippen LogP contribution is 2.34. The molecule has 28 heavy (non-hydrogen) atoms. The van der Waals surface area contributed by atoms with Crippen molar-refractivity contribution in [3.8, 4) is 0 Å². The Morgan fingerprint density at radius 3 is 2.43 bits per heavy atom. The van der Waals surface area contributed by atoms with Gasteiger partial charge in [-0.3, -0.25) is 14.5 Å². The number of hydrogen-bond acceptors (Lipinski definition) is 5. The second-order valence-electron chi connectivity index (χ2n) is 9.19. The van der Waals surface area contributed by atoms with Crippen LogP contribution in [-0.4, -0.2) is 59.2 Å². The van der Waals surface area contributed by atoms with Crippen molar-refractivity contribution in [3.05, 3.63) is 27.4 Å². The van der Waals surface area contributed by atoms with Crippen molar-refractivity contribution in [1.29, 1.82) is 0 Å². The summed E-state index contributed by atoms with van der Waals surface area (Å²) in [4.78, 5) is 35.3. The number of amides is 1. The van der Waals surface area contributed by atoms with Gasteiger partial charge in [-0.2, -0.15) is 0 Å². The molecule has 2 fully saturated rings. The van der Waals surface area contributed by atoms with Gasteiger partial charge in [0, 0.05) is 30.6 Å². The standard InChI is InChI=1S/C21H34N4O3/c1-15-16(18(27)24-19(23-15)20(2,3)4)17(26)22-14-21(8-6-5-7-9-21)25-10-12-28-13-11-25/h5-14H2,1-4H3,(H,22,26)(H,23,24,27). The summed E-state index contributed by atoms with van der Waals surface area (Å²) in [5.41, 5.74) is -0.0615. The topological polar surface area (TPSA) is 87.3 Å². The molecule has 1 amide bonds. The molecule has 0 atom stereocenters. The predicted molar refractivity (Wildman–Crippen MR) is 109 cm³/mol. The monoisotopic (exact) mass is 390 g/mol. The van der Waals surface area contributed by atoms with Crippen LogP contribution in [0.1, 0.15) is 74.8 Å². The molecule has 3 rings (SSSR count). The maximum Gasteiger partial charge on any atom is 0.264 e. The van der Waals surface area contributed by atoms with Gasteiger partial charge in [-0.15, -0.1) is 0 Å². The Morgan fingerprint density at radius 1 is 1.21 bits per heavy atom. The summed E-state index contributed by atoms with van der Waals surface area (Å²) < 4.78 is 5.52. The van der Waals surface area contributed by atoms with Crippen molar-refractivity contribution in [2.45, 2.75) is 70.8 Å². The van der Waals surface area contributed by atoms with Crippen LogP contribution in [0.25, 0.3) is 0 Å². The van der Waals surface area contributed by atoms with E-state index in [9.17, 15) is 9.59 Å². The fourth-order valence-electron chi connectivity index (χ4n) is 4.39. The zero-order chi connectivity index (χ0) is 20.4. The predicted octanol–water partition coefficient (Wildman–Crippen LogP) is 2.14. The third-order valence-corrected chi connectivity index (χ3v) is 6.08. The lowest BCUT2D eigenvalue weighted by molar-refractivity contribution is -0.0361. The first-order valence-corrected chi connectivity index (χ1v) is 10.5. The molecule has 7 heteroatoms. The molecule has 1 aliphatic carbocycles. The first kappa shape index (κ1) is 21.0. The van der Waals surface area contributed by atoms with Crippen molar-refractivity contribution in [2.24, 2.45) is 0 Å². The molecule has 0 aromatic carbocycles. The van der Waals surface area contributed by atoms with Crippen molar-refractivity contribution in [2.75, 3.05) is 32.8 Å². The van der Waals surface area contributed by atoms with Gasteiger partial charge >= 0.3 is 0 Å². The molecular formula is C21H34N4O3. The molecule has 1 aromatic heterocycles. The summed E-state index contributed by atoms with van der Waals surface area (Å²) in [6.07, 6.45) is 5.74. The van der Waals surface area contributed by atoms with E-state index in [2.05, 4.69) is 20.2 Å². The van der Waals surface area contributed by atoms with Crippen LogP contribution in [-0.2, 0) is 10.2 Å². The molecule has 2 aliphatic rings. The number of rotatable bonds is 4. The smallest absolute Gasteiger partial charge is 0.264 e. The summed E-state index contributed by atoms with van der Waals surface area (Å²) in [5, 5.41) is 3.07. The molecule has 1 saturated carbocycles. The van der Waals surface area contributed by atoms with Crippen LogP contribution < -0.4 is 10.9 Å². The van der Waals surface area contributed by atoms with Gasteiger partial charge in [0.05, 0.1) is 18.9 Å². The Balaban J connectivity index is 1.77. The molecule has 0 radical (unpaired) electrons. The Morgan fingerprint density at radius 2 is 1.86 bits per heavy atom. The van der Waals surface area contributed by atoms with Crippen LogP contribution >= 0.6 is 0 Å². The van der Waals surface area contributed by atoms with E-state index in [1.54, 1.807) is 6.92 Å². The maximum absolute atomic E-state index is 12.9. The molecule has 1 aliphatic heterocycles. The molecule has 2 heterocycles. The second kappa shape index (κ2) is 8.33. The van der Waals surface area contributed by atoms with E-state index in [4.69, 9.17) is 4.74 Å². The van der Waals surface area contributed by atoms with E-state index in [1.165, 1.54) is 19.3 Å². The number of H-pyrrole nitrogens is 1. The lowest BCUT2D eigenvalue weighted by atomic mass is 9.79. The number of aromatic amines is 1. The number of nitrogens with zero attached hydrogens (tertiary/aromatic N) is 2. The van der Waals surface area contributed by atoms with E-state index in [-0.39, 0.29) is 28.0 Å². The highest BCUT2D eigenvalue weighted by Gasteiger charge is 2.39. The number of ether oxygens (including phenoxy) is 1. The van der Waals surface area contributed by atoms with Gasteiger partial charge in [0.2, 0.25) is 0 Å². The average Bonchev–Trinajstić information content (AvgIpc) is 2.66. The number of carbonyl (C=O) groups excluding carboxylic acids is 1. The zero-order valence-corrected chi connectivity index (χ0v) is 17.7. The molecule has 1 aromatic rings. The molecule has 0 unspecified atom stereocenters. The van der Waals surface area contributed by atoms with Crippen molar-refractivity contribution >= 4 is 5.91 Å². The van der Waals surface area contributed by atoms with Gasteiger partial charge < -0.3 is 15.0 Å². The Hall–Kier alpha value is -1.73. The zero-order valence-electron chi connectivity index (χ0n) is 17.7. The Kier molecular flexibility index (Phi) is 6.25. The summed E-state index contributed by atoms with van der Waals surface area (Å²) >= 11 is 0. The van der Waals surface area contributed by atoms with E-state index in [0.717, 1.165) is 39.1 Å². The molecular weight excluding hydrogens is 356 g/mol. The highest BCUT2D eigenvalue weighted by molar-refractivity contribution is 5.94. The summed E-state index contributed by atoms with van der Waals surface area (Å²) in [6.45, 7) is 11.5. The molecule has 2 N–H and O–H groups in total. The number of aryl methyl sites for hydroxylation is 1. The third kappa shape index (κ3) is 4.46. The summed E-state index contributed by atoms with van der Waals surface area (Å²) in [6, 6.07) is 0. The molecule has 7 nitrogen and oxygen atoms in total. The van der Waals surface area contributed by atoms with Crippen molar-refractivity contribution in [3.63, 3.8) is 0 Å². The fourth-order valence-corrected chi connectivity index (χ4v) is 4.39. The molecule has 0 spiro atoms. The highest BCUT2D eigenvalue weighted by atomic mass is 16.5. The van der Waals surface area contributed by atoms with Gasteiger partial charge in [-0.05, 0) is 19.8 Å². The maximum atomic E-state index is 12.9. The fraction of sp³-hybridized carbons (Fsp3) is 0.762. The van der Waals surface area contributed by atoms with Crippen LogP contribution in [0.2, 0.25) is 0 Å². The number of hydrogen-bond donors (Lipinski definition) is 2.